The van der Waals surface area contributed by atoms with Crippen molar-refractivity contribution in [1.29, 1.82) is 0 Å². The van der Waals surface area contributed by atoms with Crippen LogP contribution in [0, 0.1) is 5.92 Å². The number of piperidine rings is 1. The van der Waals surface area contributed by atoms with Crippen LogP contribution in [-0.4, -0.2) is 41.5 Å². The molecule has 1 fully saturated rings. The van der Waals surface area contributed by atoms with Crippen molar-refractivity contribution < 1.29 is 14.3 Å². The first-order valence-electron chi connectivity index (χ1n) is 11.4. The van der Waals surface area contributed by atoms with Crippen molar-refractivity contribution in [3.05, 3.63) is 48.5 Å². The molecule has 1 aromatic heterocycles. The van der Waals surface area contributed by atoms with Crippen molar-refractivity contribution in [3.63, 3.8) is 0 Å². The number of aromatic nitrogens is 2. The number of hydrogen-bond acceptors (Lipinski definition) is 6. The summed E-state index contributed by atoms with van der Waals surface area (Å²) >= 11 is 0. The molecule has 3 aromatic rings. The molecule has 0 aliphatic carbocycles. The number of ether oxygens (including phenoxy) is 1. The number of nitrogens with one attached hydrogen (secondary N) is 2. The van der Waals surface area contributed by atoms with Crippen LogP contribution in [0.1, 0.15) is 33.1 Å². The highest BCUT2D eigenvalue weighted by Crippen LogP contribution is 2.31. The number of nitrogens with zero attached hydrogens (tertiary/aromatic N) is 3. The van der Waals surface area contributed by atoms with Crippen LogP contribution in [0.15, 0.2) is 48.5 Å². The Labute approximate surface area is 193 Å². The molecule has 1 aliphatic rings. The van der Waals surface area contributed by atoms with Gasteiger partial charge in [-0.3, -0.25) is 9.59 Å². The van der Waals surface area contributed by atoms with E-state index in [1.807, 2.05) is 24.3 Å². The van der Waals surface area contributed by atoms with Crippen LogP contribution in [0.3, 0.4) is 0 Å². The zero-order valence-corrected chi connectivity index (χ0v) is 19.0. The van der Waals surface area contributed by atoms with Gasteiger partial charge >= 0.3 is 0 Å². The second-order valence-electron chi connectivity index (χ2n) is 8.22. The number of hydrogen-bond donors (Lipinski definition) is 2. The molecule has 1 saturated heterocycles. The number of amides is 2. The molecule has 4 rings (SSSR count). The van der Waals surface area contributed by atoms with E-state index in [1.165, 1.54) is 6.92 Å². The first kappa shape index (κ1) is 22.5. The quantitative estimate of drug-likeness (QED) is 0.563. The van der Waals surface area contributed by atoms with Gasteiger partial charge in [-0.05, 0) is 55.7 Å². The maximum absolute atomic E-state index is 13.0. The van der Waals surface area contributed by atoms with Crippen molar-refractivity contribution in [1.82, 2.24) is 9.97 Å². The van der Waals surface area contributed by atoms with E-state index in [0.29, 0.717) is 36.2 Å². The third kappa shape index (κ3) is 5.58. The Balaban J connectivity index is 1.49. The molecule has 2 N–H and O–H groups in total. The third-order valence-corrected chi connectivity index (χ3v) is 5.53. The summed E-state index contributed by atoms with van der Waals surface area (Å²) in [6.45, 7) is 5.42. The van der Waals surface area contributed by atoms with Gasteiger partial charge in [0.25, 0.3) is 5.88 Å². The normalized spacial score (nSPS) is 15.8. The van der Waals surface area contributed by atoms with Crippen molar-refractivity contribution in [2.24, 2.45) is 5.92 Å². The van der Waals surface area contributed by atoms with Gasteiger partial charge in [0.2, 0.25) is 11.8 Å². The summed E-state index contributed by atoms with van der Waals surface area (Å²) in [6.07, 6.45) is 2.56. The minimum atomic E-state index is -0.180. The predicted octanol–water partition coefficient (Wildman–Crippen LogP) is 4.23. The lowest BCUT2D eigenvalue weighted by atomic mass is 9.97. The number of carbonyl (C=O) groups is 2. The fraction of sp³-hybridized carbons (Fsp3) is 0.360. The van der Waals surface area contributed by atoms with Crippen molar-refractivity contribution in [2.75, 3.05) is 35.2 Å². The number of rotatable bonds is 7. The summed E-state index contributed by atoms with van der Waals surface area (Å²) in [4.78, 5) is 35.8. The first-order chi connectivity index (χ1) is 16.0. The predicted molar refractivity (Wildman–Crippen MR) is 130 cm³/mol. The standard InChI is InChI=1S/C25H29N5O3/c1-3-15-33-25-23(28-21-8-4-5-9-22(21)29-25)30-14-6-7-18(16-30)24(32)27-20-12-10-19(11-13-20)26-17(2)31/h4-5,8-13,18H,3,6-7,14-16H2,1-2H3,(H,26,31)(H,27,32)/t18-/m0/s1. The van der Waals surface area contributed by atoms with Crippen LogP contribution in [0.2, 0.25) is 0 Å². The van der Waals surface area contributed by atoms with E-state index in [-0.39, 0.29) is 17.7 Å². The zero-order valence-electron chi connectivity index (χ0n) is 19.0. The van der Waals surface area contributed by atoms with Gasteiger partial charge < -0.3 is 20.3 Å². The molecule has 2 aromatic carbocycles. The van der Waals surface area contributed by atoms with Crippen molar-refractivity contribution >= 4 is 40.0 Å². The average molecular weight is 448 g/mol. The Kier molecular flexibility index (Phi) is 7.02. The number of carbonyl (C=O) groups excluding carboxylic acids is 2. The lowest BCUT2D eigenvalue weighted by molar-refractivity contribution is -0.120. The minimum absolute atomic E-state index is 0.0308. The lowest BCUT2D eigenvalue weighted by Crippen LogP contribution is -2.41. The molecule has 33 heavy (non-hydrogen) atoms. The SMILES string of the molecule is CCCOc1nc2ccccc2nc1N1CCC[C@H](C(=O)Nc2ccc(NC(C)=O)cc2)C1. The number of fused-ring (bicyclic) bond motifs is 1. The summed E-state index contributed by atoms with van der Waals surface area (Å²) in [5.74, 6) is 0.871. The summed E-state index contributed by atoms with van der Waals surface area (Å²) in [7, 11) is 0. The van der Waals surface area contributed by atoms with E-state index < -0.39 is 0 Å². The minimum Gasteiger partial charge on any atom is -0.475 e. The summed E-state index contributed by atoms with van der Waals surface area (Å²) < 4.78 is 5.93. The van der Waals surface area contributed by atoms with Gasteiger partial charge in [-0.2, -0.15) is 0 Å². The number of anilines is 3. The van der Waals surface area contributed by atoms with E-state index in [0.717, 1.165) is 36.8 Å². The molecule has 2 amide bonds. The third-order valence-electron chi connectivity index (χ3n) is 5.53. The molecular weight excluding hydrogens is 418 g/mol. The molecule has 0 radical (unpaired) electrons. The molecule has 8 heteroatoms. The second-order valence-corrected chi connectivity index (χ2v) is 8.22. The molecule has 0 saturated carbocycles. The Hall–Kier alpha value is -3.68. The van der Waals surface area contributed by atoms with Gasteiger partial charge in [-0.1, -0.05) is 19.1 Å². The monoisotopic (exact) mass is 447 g/mol. The van der Waals surface area contributed by atoms with Gasteiger partial charge in [0.1, 0.15) is 0 Å². The van der Waals surface area contributed by atoms with Crippen molar-refractivity contribution in [3.8, 4) is 5.88 Å². The van der Waals surface area contributed by atoms with Gasteiger partial charge in [-0.15, -0.1) is 0 Å². The molecular formula is C25H29N5O3. The van der Waals surface area contributed by atoms with E-state index in [9.17, 15) is 9.59 Å². The summed E-state index contributed by atoms with van der Waals surface area (Å²) in [5, 5.41) is 5.72. The molecule has 1 atom stereocenters. The molecule has 0 spiro atoms. The Bertz CT molecular complexity index is 1130. The Morgan fingerprint density at radius 1 is 1.03 bits per heavy atom. The Morgan fingerprint density at radius 2 is 1.70 bits per heavy atom. The molecule has 1 aliphatic heterocycles. The van der Waals surface area contributed by atoms with Crippen LogP contribution in [-0.2, 0) is 9.59 Å². The lowest BCUT2D eigenvalue weighted by Gasteiger charge is -2.33. The summed E-state index contributed by atoms with van der Waals surface area (Å²) in [5.41, 5.74) is 2.99. The summed E-state index contributed by atoms with van der Waals surface area (Å²) in [6, 6.07) is 14.9. The van der Waals surface area contributed by atoms with Crippen LogP contribution in [0.5, 0.6) is 5.88 Å². The van der Waals surface area contributed by atoms with Crippen LogP contribution < -0.4 is 20.3 Å². The van der Waals surface area contributed by atoms with Crippen LogP contribution >= 0.6 is 0 Å². The molecule has 0 bridgehead atoms. The van der Waals surface area contributed by atoms with Gasteiger partial charge in [0.05, 0.1) is 23.6 Å². The van der Waals surface area contributed by atoms with Crippen LogP contribution in [0.25, 0.3) is 11.0 Å². The average Bonchev–Trinajstić information content (AvgIpc) is 2.83. The van der Waals surface area contributed by atoms with E-state index in [4.69, 9.17) is 14.7 Å². The zero-order chi connectivity index (χ0) is 23.2. The van der Waals surface area contributed by atoms with E-state index >= 15 is 0 Å². The van der Waals surface area contributed by atoms with Crippen LogP contribution in [0.4, 0.5) is 17.2 Å². The highest BCUT2D eigenvalue weighted by atomic mass is 16.5. The van der Waals surface area contributed by atoms with E-state index in [1.54, 1.807) is 24.3 Å². The molecule has 172 valence electrons. The maximum atomic E-state index is 13.0. The number of para-hydroxylation sites is 2. The Morgan fingerprint density at radius 3 is 2.36 bits per heavy atom. The first-order valence-corrected chi connectivity index (χ1v) is 11.4. The number of benzene rings is 2. The van der Waals surface area contributed by atoms with Gasteiger partial charge in [0, 0.05) is 31.4 Å². The van der Waals surface area contributed by atoms with Gasteiger partial charge in [-0.25, -0.2) is 9.97 Å². The molecule has 8 nitrogen and oxygen atoms in total. The largest absolute Gasteiger partial charge is 0.475 e. The highest BCUT2D eigenvalue weighted by molar-refractivity contribution is 5.94. The van der Waals surface area contributed by atoms with Crippen molar-refractivity contribution in [2.45, 2.75) is 33.1 Å². The second kappa shape index (κ2) is 10.3. The maximum Gasteiger partial charge on any atom is 0.258 e. The molecule has 2 heterocycles. The fourth-order valence-corrected chi connectivity index (χ4v) is 3.94. The van der Waals surface area contributed by atoms with E-state index in [2.05, 4.69) is 22.5 Å². The highest BCUT2D eigenvalue weighted by Gasteiger charge is 2.29. The van der Waals surface area contributed by atoms with Gasteiger partial charge in [0.15, 0.2) is 5.82 Å². The molecule has 0 unspecified atom stereocenters. The topological polar surface area (TPSA) is 96.5 Å². The smallest absolute Gasteiger partial charge is 0.258 e. The fourth-order valence-electron chi connectivity index (χ4n) is 3.94.